The topological polar surface area (TPSA) is 138 Å². The van der Waals surface area contributed by atoms with Crippen molar-refractivity contribution in [2.45, 2.75) is 20.3 Å². The van der Waals surface area contributed by atoms with E-state index in [1.807, 2.05) is 44.2 Å². The number of H-pyrrole nitrogens is 2. The van der Waals surface area contributed by atoms with Crippen LogP contribution in [-0.4, -0.2) is 46.0 Å². The molecule has 0 aliphatic carbocycles. The van der Waals surface area contributed by atoms with Gasteiger partial charge >= 0.3 is 0 Å². The van der Waals surface area contributed by atoms with Crippen LogP contribution in [0.15, 0.2) is 67.5 Å². The Morgan fingerprint density at radius 2 is 1.86 bits per heavy atom. The first kappa shape index (κ1) is 22.5. The van der Waals surface area contributed by atoms with E-state index in [9.17, 15) is 4.79 Å². The first-order chi connectivity index (χ1) is 18.0. The van der Waals surface area contributed by atoms with Gasteiger partial charge in [-0.2, -0.15) is 5.10 Å². The van der Waals surface area contributed by atoms with Gasteiger partial charge in [-0.05, 0) is 30.2 Å². The molecule has 0 saturated carbocycles. The van der Waals surface area contributed by atoms with Crippen LogP contribution in [0.5, 0.6) is 0 Å². The number of amides is 1. The Balaban J connectivity index is 1.38. The zero-order chi connectivity index (χ0) is 25.4. The van der Waals surface area contributed by atoms with Crippen LogP contribution < -0.4 is 5.32 Å². The molecular weight excluding hydrogens is 466 g/mol. The second-order valence-corrected chi connectivity index (χ2v) is 9.18. The SMILES string of the molecule is CC(C)CC(=O)Nc1cncc(-c2cnc3[nH]nc(-c4nc5c(-c6ccccn6)cncc5[nH]4)c3c2)c1. The number of carbonyl (C=O) groups excluding carboxylic acids is 1. The lowest BCUT2D eigenvalue weighted by Crippen LogP contribution is -2.13. The predicted molar refractivity (Wildman–Crippen MR) is 141 cm³/mol. The van der Waals surface area contributed by atoms with Crippen LogP contribution in [-0.2, 0) is 4.79 Å². The average molecular weight is 490 g/mol. The number of hydrogen-bond acceptors (Lipinski definition) is 7. The van der Waals surface area contributed by atoms with Crippen LogP contribution in [0.3, 0.4) is 0 Å². The molecule has 0 unspecified atom stereocenters. The van der Waals surface area contributed by atoms with Gasteiger partial charge in [-0.25, -0.2) is 9.97 Å². The molecule has 6 aromatic heterocycles. The minimum Gasteiger partial charge on any atom is -0.335 e. The third kappa shape index (κ3) is 4.40. The molecule has 0 radical (unpaired) electrons. The number of rotatable bonds is 6. The highest BCUT2D eigenvalue weighted by molar-refractivity contribution is 5.96. The lowest BCUT2D eigenvalue weighted by Gasteiger charge is -2.08. The van der Waals surface area contributed by atoms with Crippen LogP contribution in [0.2, 0.25) is 0 Å². The quantitative estimate of drug-likeness (QED) is 0.299. The molecule has 0 spiro atoms. The summed E-state index contributed by atoms with van der Waals surface area (Å²) in [5, 5.41) is 11.2. The Morgan fingerprint density at radius 1 is 1.00 bits per heavy atom. The number of nitrogens with one attached hydrogen (secondary N) is 3. The number of aromatic amines is 2. The van der Waals surface area contributed by atoms with Crippen LogP contribution in [0.25, 0.3) is 56.0 Å². The Bertz CT molecular complexity index is 1740. The molecule has 37 heavy (non-hydrogen) atoms. The highest BCUT2D eigenvalue weighted by atomic mass is 16.1. The molecule has 6 rings (SSSR count). The zero-order valence-corrected chi connectivity index (χ0v) is 20.2. The fourth-order valence-electron chi connectivity index (χ4n) is 4.25. The maximum atomic E-state index is 12.2. The van der Waals surface area contributed by atoms with Crippen molar-refractivity contribution in [1.82, 2.24) is 40.1 Å². The molecule has 0 aromatic carbocycles. The van der Waals surface area contributed by atoms with Crippen molar-refractivity contribution < 1.29 is 4.79 Å². The average Bonchev–Trinajstić information content (AvgIpc) is 3.52. The van der Waals surface area contributed by atoms with E-state index >= 15 is 0 Å². The Hall–Kier alpha value is -4.99. The van der Waals surface area contributed by atoms with Gasteiger partial charge in [0.15, 0.2) is 11.5 Å². The minimum absolute atomic E-state index is 0.0379. The third-order valence-electron chi connectivity index (χ3n) is 5.92. The second kappa shape index (κ2) is 9.23. The minimum atomic E-state index is -0.0379. The molecule has 0 saturated heterocycles. The Morgan fingerprint density at radius 3 is 2.70 bits per heavy atom. The summed E-state index contributed by atoms with van der Waals surface area (Å²) in [6.07, 6.45) is 10.8. The number of imidazole rings is 1. The van der Waals surface area contributed by atoms with E-state index in [0.717, 1.165) is 38.8 Å². The number of anilines is 1. The number of carbonyl (C=O) groups is 1. The molecular formula is C27H23N9O. The second-order valence-electron chi connectivity index (χ2n) is 9.18. The van der Waals surface area contributed by atoms with Crippen LogP contribution in [0.4, 0.5) is 5.69 Å². The van der Waals surface area contributed by atoms with Crippen molar-refractivity contribution in [3.63, 3.8) is 0 Å². The third-order valence-corrected chi connectivity index (χ3v) is 5.92. The van der Waals surface area contributed by atoms with Crippen molar-refractivity contribution in [2.75, 3.05) is 5.32 Å². The predicted octanol–water partition coefficient (Wildman–Crippen LogP) is 5.00. The zero-order valence-electron chi connectivity index (χ0n) is 20.2. The number of fused-ring (bicyclic) bond motifs is 2. The van der Waals surface area contributed by atoms with E-state index < -0.39 is 0 Å². The molecule has 10 heteroatoms. The summed E-state index contributed by atoms with van der Waals surface area (Å²) < 4.78 is 0. The number of nitrogens with zero attached hydrogens (tertiary/aromatic N) is 6. The van der Waals surface area contributed by atoms with Crippen molar-refractivity contribution in [2.24, 2.45) is 5.92 Å². The molecule has 6 aromatic rings. The van der Waals surface area contributed by atoms with E-state index in [1.165, 1.54) is 0 Å². The summed E-state index contributed by atoms with van der Waals surface area (Å²) in [5.74, 6) is 0.832. The molecule has 6 heterocycles. The van der Waals surface area contributed by atoms with Gasteiger partial charge in [0.05, 0.1) is 34.7 Å². The molecule has 3 N–H and O–H groups in total. The summed E-state index contributed by atoms with van der Waals surface area (Å²) in [6, 6.07) is 9.61. The maximum Gasteiger partial charge on any atom is 0.224 e. The van der Waals surface area contributed by atoms with Crippen molar-refractivity contribution in [3.05, 3.63) is 67.5 Å². The first-order valence-corrected chi connectivity index (χ1v) is 11.9. The lowest BCUT2D eigenvalue weighted by molar-refractivity contribution is -0.116. The van der Waals surface area contributed by atoms with Gasteiger partial charge in [0.25, 0.3) is 0 Å². The van der Waals surface area contributed by atoms with Gasteiger partial charge in [-0.3, -0.25) is 24.8 Å². The Kier molecular flexibility index (Phi) is 5.61. The van der Waals surface area contributed by atoms with Crippen LogP contribution in [0, 0.1) is 5.92 Å². The summed E-state index contributed by atoms with van der Waals surface area (Å²) in [6.45, 7) is 4.02. The lowest BCUT2D eigenvalue weighted by atomic mass is 10.1. The molecule has 1 amide bonds. The highest BCUT2D eigenvalue weighted by Crippen LogP contribution is 2.31. The van der Waals surface area contributed by atoms with Crippen LogP contribution in [0.1, 0.15) is 20.3 Å². The summed E-state index contributed by atoms with van der Waals surface area (Å²) in [7, 11) is 0. The smallest absolute Gasteiger partial charge is 0.224 e. The van der Waals surface area contributed by atoms with Gasteiger partial charge in [0.1, 0.15) is 11.2 Å². The maximum absolute atomic E-state index is 12.2. The molecule has 0 atom stereocenters. The molecule has 0 fully saturated rings. The fraction of sp³-hybridized carbons (Fsp3) is 0.148. The van der Waals surface area contributed by atoms with E-state index in [2.05, 4.69) is 40.4 Å². The van der Waals surface area contributed by atoms with Gasteiger partial charge in [0, 0.05) is 47.9 Å². The van der Waals surface area contributed by atoms with E-state index in [0.29, 0.717) is 29.3 Å². The molecule has 0 aliphatic rings. The number of pyridine rings is 4. The van der Waals surface area contributed by atoms with Crippen molar-refractivity contribution >= 4 is 33.7 Å². The standard InChI is InChI=1S/C27H23N9O/c1-15(2)7-23(37)32-18-8-16(10-28-12-18)17-9-19-25(35-36-26(19)31-11-17)27-33-22-14-29-13-20(24(22)34-27)21-5-3-4-6-30-21/h3-6,8-15H,7H2,1-2H3,(H,32,37)(H,33,34)(H,31,35,36). The highest BCUT2D eigenvalue weighted by Gasteiger charge is 2.17. The van der Waals surface area contributed by atoms with Crippen molar-refractivity contribution in [3.8, 4) is 33.9 Å². The fourth-order valence-corrected chi connectivity index (χ4v) is 4.25. The van der Waals surface area contributed by atoms with Gasteiger partial charge in [-0.15, -0.1) is 0 Å². The van der Waals surface area contributed by atoms with Gasteiger partial charge in [-0.1, -0.05) is 19.9 Å². The van der Waals surface area contributed by atoms with E-state index in [1.54, 1.807) is 37.2 Å². The van der Waals surface area contributed by atoms with Crippen LogP contribution >= 0.6 is 0 Å². The molecule has 0 aliphatic heterocycles. The number of aromatic nitrogens is 8. The summed E-state index contributed by atoms with van der Waals surface area (Å²) in [5.41, 5.74) is 6.76. The summed E-state index contributed by atoms with van der Waals surface area (Å²) >= 11 is 0. The van der Waals surface area contributed by atoms with E-state index in [4.69, 9.17) is 4.98 Å². The molecule has 182 valence electrons. The van der Waals surface area contributed by atoms with Gasteiger partial charge in [0.2, 0.25) is 5.91 Å². The van der Waals surface area contributed by atoms with E-state index in [-0.39, 0.29) is 11.8 Å². The molecule has 0 bridgehead atoms. The normalized spacial score (nSPS) is 11.4. The number of hydrogen-bond donors (Lipinski definition) is 3. The van der Waals surface area contributed by atoms with Gasteiger partial charge < -0.3 is 10.3 Å². The molecule has 10 nitrogen and oxygen atoms in total. The largest absolute Gasteiger partial charge is 0.335 e. The van der Waals surface area contributed by atoms with Crippen molar-refractivity contribution in [1.29, 1.82) is 0 Å². The first-order valence-electron chi connectivity index (χ1n) is 11.9. The summed E-state index contributed by atoms with van der Waals surface area (Å²) in [4.78, 5) is 38.1. The monoisotopic (exact) mass is 489 g/mol. The Labute approximate surface area is 211 Å².